The molecule has 2 rings (SSSR count). The van der Waals surface area contributed by atoms with Crippen molar-refractivity contribution >= 4 is 5.97 Å². The third kappa shape index (κ3) is 3.10. The van der Waals surface area contributed by atoms with Gasteiger partial charge in [-0.25, -0.2) is 9.78 Å². The maximum Gasteiger partial charge on any atom is 0.357 e. The van der Waals surface area contributed by atoms with E-state index in [1.54, 1.807) is 0 Å². The van der Waals surface area contributed by atoms with Crippen molar-refractivity contribution in [1.29, 1.82) is 0 Å². The van der Waals surface area contributed by atoms with Crippen LogP contribution in [0.4, 0.5) is 0 Å². The summed E-state index contributed by atoms with van der Waals surface area (Å²) in [6, 6.07) is 0.562. The van der Waals surface area contributed by atoms with Crippen LogP contribution in [0.1, 0.15) is 43.1 Å². The van der Waals surface area contributed by atoms with E-state index < -0.39 is 5.97 Å². The van der Waals surface area contributed by atoms with Crippen molar-refractivity contribution in [3.05, 3.63) is 17.8 Å². The topological polar surface area (TPSA) is 66.6 Å². The maximum atomic E-state index is 10.7. The minimum absolute atomic E-state index is 0.00141. The molecule has 2 heterocycles. The molecule has 0 saturated carbocycles. The number of nitrogens with zero attached hydrogens (tertiary/aromatic N) is 2. The fourth-order valence-corrected chi connectivity index (χ4v) is 2.48. The zero-order valence-electron chi connectivity index (χ0n) is 10.9. The Morgan fingerprint density at radius 3 is 3.06 bits per heavy atom. The van der Waals surface area contributed by atoms with Crippen LogP contribution in [0.15, 0.2) is 10.7 Å². The Morgan fingerprint density at radius 1 is 1.67 bits per heavy atom. The quantitative estimate of drug-likeness (QED) is 0.888. The number of carboxylic acids is 1. The highest BCUT2D eigenvalue weighted by atomic mass is 16.4. The normalized spacial score (nSPS) is 21.4. The lowest BCUT2D eigenvalue weighted by molar-refractivity contribution is 0.0690. The van der Waals surface area contributed by atoms with Gasteiger partial charge in [-0.3, -0.25) is 0 Å². The van der Waals surface area contributed by atoms with E-state index in [4.69, 9.17) is 9.52 Å². The van der Waals surface area contributed by atoms with Gasteiger partial charge in [0.1, 0.15) is 6.26 Å². The maximum absolute atomic E-state index is 10.7. The minimum atomic E-state index is -1.03. The predicted molar refractivity (Wildman–Crippen MR) is 66.6 cm³/mol. The number of hydrogen-bond donors (Lipinski definition) is 1. The Kier molecular flexibility index (Phi) is 4.01. The van der Waals surface area contributed by atoms with Crippen molar-refractivity contribution in [2.24, 2.45) is 5.92 Å². The molecule has 0 bridgehead atoms. The van der Waals surface area contributed by atoms with Crippen LogP contribution < -0.4 is 0 Å². The first kappa shape index (κ1) is 13.1. The molecular weight excluding hydrogens is 232 g/mol. The molecule has 0 aliphatic carbocycles. The lowest BCUT2D eigenvalue weighted by Gasteiger charge is -2.35. The lowest BCUT2D eigenvalue weighted by Crippen LogP contribution is -2.40. The highest BCUT2D eigenvalue weighted by Gasteiger charge is 2.23. The molecule has 18 heavy (non-hydrogen) atoms. The van der Waals surface area contributed by atoms with Gasteiger partial charge in [-0.15, -0.1) is 0 Å². The molecule has 1 fully saturated rings. The number of carboxylic acid groups (broad SMARTS) is 1. The molecule has 1 aromatic heterocycles. The molecule has 1 saturated heterocycles. The van der Waals surface area contributed by atoms with E-state index in [1.807, 2.05) is 0 Å². The average molecular weight is 252 g/mol. The Bertz CT molecular complexity index is 414. The van der Waals surface area contributed by atoms with Crippen molar-refractivity contribution in [2.45, 2.75) is 39.2 Å². The van der Waals surface area contributed by atoms with Crippen molar-refractivity contribution in [2.75, 3.05) is 13.1 Å². The molecule has 1 aliphatic heterocycles. The van der Waals surface area contributed by atoms with Crippen molar-refractivity contribution in [1.82, 2.24) is 9.88 Å². The van der Waals surface area contributed by atoms with E-state index >= 15 is 0 Å². The Balaban J connectivity index is 1.94. The summed E-state index contributed by atoms with van der Waals surface area (Å²) < 4.78 is 5.21. The number of oxazole rings is 1. The Morgan fingerprint density at radius 2 is 2.44 bits per heavy atom. The number of carbonyl (C=O) groups is 1. The van der Waals surface area contributed by atoms with Crippen LogP contribution in [-0.2, 0) is 6.42 Å². The largest absolute Gasteiger partial charge is 0.476 e. The standard InChI is InChI=1S/C13H20N2O3/c1-9(2)15-5-3-4-10(7-15)6-12-14-11(8-18-12)13(16)17/h8-10H,3-7H2,1-2H3,(H,16,17). The summed E-state index contributed by atoms with van der Waals surface area (Å²) in [6.45, 7) is 6.61. The molecule has 1 N–H and O–H groups in total. The number of aromatic carboxylic acids is 1. The van der Waals surface area contributed by atoms with Gasteiger partial charge in [0.15, 0.2) is 11.6 Å². The van der Waals surface area contributed by atoms with Crippen LogP contribution in [0, 0.1) is 5.92 Å². The van der Waals surface area contributed by atoms with Gasteiger partial charge < -0.3 is 14.4 Å². The molecule has 100 valence electrons. The van der Waals surface area contributed by atoms with Crippen LogP contribution in [0.25, 0.3) is 0 Å². The van der Waals surface area contributed by atoms with Crippen LogP contribution in [0.5, 0.6) is 0 Å². The molecule has 1 aliphatic rings. The number of hydrogen-bond acceptors (Lipinski definition) is 4. The van der Waals surface area contributed by atoms with Gasteiger partial charge in [-0.1, -0.05) is 0 Å². The van der Waals surface area contributed by atoms with Gasteiger partial charge in [0.25, 0.3) is 0 Å². The molecule has 0 radical (unpaired) electrons. The summed E-state index contributed by atoms with van der Waals surface area (Å²) in [5, 5.41) is 8.79. The van der Waals surface area contributed by atoms with Gasteiger partial charge in [-0.2, -0.15) is 0 Å². The number of likely N-dealkylation sites (tertiary alicyclic amines) is 1. The zero-order valence-corrected chi connectivity index (χ0v) is 10.9. The molecule has 1 unspecified atom stereocenters. The van der Waals surface area contributed by atoms with Crippen LogP contribution in [-0.4, -0.2) is 40.1 Å². The molecule has 0 spiro atoms. The van der Waals surface area contributed by atoms with Crippen molar-refractivity contribution in [3.8, 4) is 0 Å². The van der Waals surface area contributed by atoms with Crippen molar-refractivity contribution < 1.29 is 14.3 Å². The summed E-state index contributed by atoms with van der Waals surface area (Å²) in [5.41, 5.74) is 0.00141. The number of piperidine rings is 1. The summed E-state index contributed by atoms with van der Waals surface area (Å²) in [6.07, 6.45) is 4.31. The fourth-order valence-electron chi connectivity index (χ4n) is 2.48. The van der Waals surface area contributed by atoms with Gasteiger partial charge in [0.2, 0.25) is 0 Å². The van der Waals surface area contributed by atoms with Gasteiger partial charge in [-0.05, 0) is 39.2 Å². The zero-order chi connectivity index (χ0) is 13.1. The third-order valence-electron chi connectivity index (χ3n) is 3.51. The van der Waals surface area contributed by atoms with E-state index in [0.29, 0.717) is 17.9 Å². The minimum Gasteiger partial charge on any atom is -0.476 e. The molecule has 5 nitrogen and oxygen atoms in total. The Labute approximate surface area is 107 Å². The molecule has 0 aromatic carbocycles. The van der Waals surface area contributed by atoms with Gasteiger partial charge >= 0.3 is 5.97 Å². The highest BCUT2D eigenvalue weighted by molar-refractivity contribution is 5.84. The van der Waals surface area contributed by atoms with Crippen LogP contribution in [0.3, 0.4) is 0 Å². The summed E-state index contributed by atoms with van der Waals surface area (Å²) >= 11 is 0. The second-order valence-corrected chi connectivity index (χ2v) is 5.23. The molecule has 5 heteroatoms. The van der Waals surface area contributed by atoms with Crippen LogP contribution >= 0.6 is 0 Å². The Hall–Kier alpha value is -1.36. The van der Waals surface area contributed by atoms with Gasteiger partial charge in [0.05, 0.1) is 0 Å². The van der Waals surface area contributed by atoms with Crippen LogP contribution in [0.2, 0.25) is 0 Å². The van der Waals surface area contributed by atoms with E-state index in [9.17, 15) is 4.79 Å². The van der Waals surface area contributed by atoms with E-state index in [-0.39, 0.29) is 5.69 Å². The third-order valence-corrected chi connectivity index (χ3v) is 3.51. The molecule has 1 atom stereocenters. The number of rotatable bonds is 4. The van der Waals surface area contributed by atoms with E-state index in [0.717, 1.165) is 25.9 Å². The number of aromatic nitrogens is 1. The molecule has 0 amide bonds. The molecular formula is C13H20N2O3. The fraction of sp³-hybridized carbons (Fsp3) is 0.692. The average Bonchev–Trinajstić information content (AvgIpc) is 2.78. The first-order valence-corrected chi connectivity index (χ1v) is 6.48. The second-order valence-electron chi connectivity index (χ2n) is 5.23. The first-order chi connectivity index (χ1) is 8.56. The summed E-state index contributed by atoms with van der Waals surface area (Å²) in [4.78, 5) is 17.2. The van der Waals surface area contributed by atoms with Crippen molar-refractivity contribution in [3.63, 3.8) is 0 Å². The lowest BCUT2D eigenvalue weighted by atomic mass is 9.94. The van der Waals surface area contributed by atoms with E-state index in [2.05, 4.69) is 23.7 Å². The van der Waals surface area contributed by atoms with E-state index in [1.165, 1.54) is 12.7 Å². The summed E-state index contributed by atoms with van der Waals surface area (Å²) in [7, 11) is 0. The first-order valence-electron chi connectivity index (χ1n) is 6.48. The second kappa shape index (κ2) is 5.52. The van der Waals surface area contributed by atoms with Gasteiger partial charge in [0, 0.05) is 19.0 Å². The predicted octanol–water partition coefficient (Wildman–Crippen LogP) is 2.04. The monoisotopic (exact) mass is 252 g/mol. The molecule has 1 aromatic rings. The summed E-state index contributed by atoms with van der Waals surface area (Å²) in [5.74, 6) is 0.0295. The highest BCUT2D eigenvalue weighted by Crippen LogP contribution is 2.22. The SMILES string of the molecule is CC(C)N1CCCC(Cc2nc(C(=O)O)co2)C1. The smallest absolute Gasteiger partial charge is 0.357 e.